The Kier molecular flexibility index (Phi) is 3.44. The number of nitrogens with one attached hydrogen (secondary N) is 1. The van der Waals surface area contributed by atoms with Crippen LogP contribution in [0.2, 0.25) is 0 Å². The first kappa shape index (κ1) is 13.3. The number of hydrogen-bond acceptors (Lipinski definition) is 4. The van der Waals surface area contributed by atoms with E-state index in [0.717, 1.165) is 0 Å². The Bertz CT molecular complexity index is 267. The predicted molar refractivity (Wildman–Crippen MR) is 78.4 cm³/mol. The molecule has 4 nitrogen and oxygen atoms in total. The molecule has 0 atom stereocenters. The van der Waals surface area contributed by atoms with Gasteiger partial charge in [-0.25, -0.2) is 0 Å². The Balaban J connectivity index is 1.95. The highest BCUT2D eigenvalue weighted by Crippen LogP contribution is 2.69. The Labute approximate surface area is 112 Å². The van der Waals surface area contributed by atoms with Gasteiger partial charge < -0.3 is 0 Å². The van der Waals surface area contributed by atoms with Crippen LogP contribution in [0, 0.1) is 0 Å². The molecule has 0 aromatic heterocycles. The summed E-state index contributed by atoms with van der Waals surface area (Å²) in [7, 11) is -1.38. The fraction of sp³-hybridized carbons (Fsp3) is 1.00. The molecule has 3 saturated heterocycles. The van der Waals surface area contributed by atoms with Crippen LogP contribution in [0.1, 0.15) is 40.0 Å². The van der Waals surface area contributed by atoms with Gasteiger partial charge >= 0.3 is 7.87 Å². The first-order chi connectivity index (χ1) is 8.52. The molecule has 0 aromatic rings. The molecule has 0 amide bonds. The molecule has 3 heterocycles. The summed E-state index contributed by atoms with van der Waals surface area (Å²) < 4.78 is 8.39. The molecular formula is C13H28N4P+. The van der Waals surface area contributed by atoms with E-state index in [4.69, 9.17) is 0 Å². The summed E-state index contributed by atoms with van der Waals surface area (Å²) >= 11 is 0. The maximum atomic E-state index is 4.06. The van der Waals surface area contributed by atoms with Gasteiger partial charge in [0.25, 0.3) is 0 Å². The third-order valence-corrected chi connectivity index (χ3v) is 8.70. The first-order valence-electron chi connectivity index (χ1n) is 7.47. The highest BCUT2D eigenvalue weighted by atomic mass is 31.2. The summed E-state index contributed by atoms with van der Waals surface area (Å²) in [5.74, 6) is 0. The zero-order valence-corrected chi connectivity index (χ0v) is 13.0. The lowest BCUT2D eigenvalue weighted by atomic mass is 10.1. The Morgan fingerprint density at radius 3 is 1.33 bits per heavy atom. The molecule has 5 heteroatoms. The van der Waals surface area contributed by atoms with Crippen LogP contribution in [0.25, 0.3) is 0 Å². The van der Waals surface area contributed by atoms with Gasteiger partial charge in [-0.3, -0.25) is 0 Å². The number of nitrogens with zero attached hydrogens (tertiary/aromatic N) is 3. The Morgan fingerprint density at radius 1 is 0.722 bits per heavy atom. The molecule has 0 saturated carbocycles. The molecule has 0 radical (unpaired) electrons. The smallest absolute Gasteiger partial charge is 0.140 e. The van der Waals surface area contributed by atoms with Crippen molar-refractivity contribution in [2.45, 2.75) is 45.6 Å². The van der Waals surface area contributed by atoms with E-state index >= 15 is 0 Å². The van der Waals surface area contributed by atoms with Gasteiger partial charge in [0, 0.05) is 44.8 Å². The highest BCUT2D eigenvalue weighted by Gasteiger charge is 2.62. The van der Waals surface area contributed by atoms with Gasteiger partial charge in [-0.05, 0) is 40.0 Å². The van der Waals surface area contributed by atoms with E-state index in [9.17, 15) is 0 Å². The maximum absolute atomic E-state index is 4.06. The first-order valence-corrected chi connectivity index (χ1v) is 9.12. The second-order valence-corrected chi connectivity index (χ2v) is 9.91. The third-order valence-electron chi connectivity index (χ3n) is 4.17. The Hall–Kier alpha value is 0.270. The molecule has 0 unspecified atom stereocenters. The van der Waals surface area contributed by atoms with Crippen molar-refractivity contribution >= 4 is 7.87 Å². The number of hydrogen-bond donors (Lipinski definition) is 1. The van der Waals surface area contributed by atoms with Crippen molar-refractivity contribution < 1.29 is 0 Å². The fourth-order valence-corrected chi connectivity index (χ4v) is 8.60. The molecule has 18 heavy (non-hydrogen) atoms. The van der Waals surface area contributed by atoms with Gasteiger partial charge in [0.15, 0.2) is 0 Å². The van der Waals surface area contributed by atoms with Gasteiger partial charge in [0.2, 0.25) is 0 Å². The summed E-state index contributed by atoms with van der Waals surface area (Å²) in [5, 5.41) is 4.06. The summed E-state index contributed by atoms with van der Waals surface area (Å²) in [4.78, 5) is 0. The normalized spacial score (nSPS) is 30.2. The van der Waals surface area contributed by atoms with Gasteiger partial charge in [0.1, 0.15) is 0 Å². The minimum atomic E-state index is -1.38. The second kappa shape index (κ2) is 4.68. The zero-order valence-electron chi connectivity index (χ0n) is 12.2. The predicted octanol–water partition coefficient (Wildman–Crippen LogP) is 2.17. The summed E-state index contributed by atoms with van der Waals surface area (Å²) in [6, 6.07) is 0. The number of rotatable bonds is 1. The van der Waals surface area contributed by atoms with Crippen LogP contribution in [-0.4, -0.2) is 58.8 Å². The van der Waals surface area contributed by atoms with Crippen LogP contribution in [-0.2, 0) is 0 Å². The lowest BCUT2D eigenvalue weighted by Gasteiger charge is -2.56. The van der Waals surface area contributed by atoms with E-state index in [1.54, 1.807) is 0 Å². The lowest BCUT2D eigenvalue weighted by molar-refractivity contribution is 0.173. The van der Waals surface area contributed by atoms with Crippen LogP contribution in [0.3, 0.4) is 0 Å². The van der Waals surface area contributed by atoms with E-state index in [0.29, 0.717) is 0 Å². The fourth-order valence-electron chi connectivity index (χ4n) is 3.68. The quantitative estimate of drug-likeness (QED) is 0.738. The molecular weight excluding hydrogens is 243 g/mol. The van der Waals surface area contributed by atoms with Crippen LogP contribution in [0.15, 0.2) is 0 Å². The van der Waals surface area contributed by atoms with E-state index in [2.05, 4.69) is 39.9 Å². The minimum Gasteiger partial charge on any atom is -0.140 e. The van der Waals surface area contributed by atoms with E-state index in [1.807, 2.05) is 0 Å². The van der Waals surface area contributed by atoms with Gasteiger partial charge in [0.05, 0.1) is 0 Å². The van der Waals surface area contributed by atoms with Crippen molar-refractivity contribution in [2.24, 2.45) is 0 Å². The molecule has 0 aliphatic carbocycles. The molecule has 104 valence electrons. The summed E-state index contributed by atoms with van der Waals surface area (Å²) in [6.07, 6.45) is 4.05. The topological polar surface area (TPSA) is 21.8 Å². The van der Waals surface area contributed by atoms with E-state index in [1.165, 1.54) is 58.5 Å². The summed E-state index contributed by atoms with van der Waals surface area (Å²) in [5.41, 5.74) is 0.203. The van der Waals surface area contributed by atoms with Crippen molar-refractivity contribution in [3.05, 3.63) is 0 Å². The molecule has 0 spiro atoms. The van der Waals surface area contributed by atoms with Crippen molar-refractivity contribution in [1.82, 2.24) is 19.1 Å². The highest BCUT2D eigenvalue weighted by molar-refractivity contribution is 7.67. The van der Waals surface area contributed by atoms with Crippen molar-refractivity contribution in [3.8, 4) is 0 Å². The van der Waals surface area contributed by atoms with Gasteiger partial charge in [-0.1, -0.05) is 0 Å². The third kappa shape index (κ3) is 2.12. The largest absolute Gasteiger partial charge is 0.306 e. The second-order valence-electron chi connectivity index (χ2n) is 6.85. The molecule has 3 aliphatic heterocycles. The van der Waals surface area contributed by atoms with Crippen LogP contribution < -0.4 is 5.09 Å². The van der Waals surface area contributed by atoms with E-state index in [-0.39, 0.29) is 5.54 Å². The van der Waals surface area contributed by atoms with Crippen LogP contribution in [0.5, 0.6) is 0 Å². The lowest BCUT2D eigenvalue weighted by Crippen LogP contribution is -2.63. The molecule has 0 bridgehead atoms. The average Bonchev–Trinajstić information content (AvgIpc) is 2.27. The monoisotopic (exact) mass is 271 g/mol. The molecule has 3 aliphatic rings. The van der Waals surface area contributed by atoms with Crippen molar-refractivity contribution in [1.29, 1.82) is 0 Å². The maximum Gasteiger partial charge on any atom is 0.306 e. The van der Waals surface area contributed by atoms with Crippen LogP contribution >= 0.6 is 7.87 Å². The SMILES string of the molecule is CC(C)(C)N[P+]12N3CCCN1CCCN2CCC3. The standard InChI is InChI=1S/C13H28N4P/c1-13(2,3)14-18-15-7-4-8-16(18)10-6-12-17(18)11-5-9-15/h14H,4-12H2,1-3H3/q+1. The van der Waals surface area contributed by atoms with E-state index < -0.39 is 7.87 Å². The van der Waals surface area contributed by atoms with Gasteiger partial charge in [-0.15, -0.1) is 19.1 Å². The molecule has 0 aromatic carbocycles. The molecule has 3 fully saturated rings. The van der Waals surface area contributed by atoms with Gasteiger partial charge in [-0.2, -0.15) is 0 Å². The summed E-state index contributed by atoms with van der Waals surface area (Å²) in [6.45, 7) is 14.7. The van der Waals surface area contributed by atoms with Crippen LogP contribution in [0.4, 0.5) is 0 Å². The minimum absolute atomic E-state index is 0.203. The molecule has 3 rings (SSSR count). The Morgan fingerprint density at radius 2 is 1.06 bits per heavy atom. The average molecular weight is 271 g/mol. The van der Waals surface area contributed by atoms with Crippen molar-refractivity contribution in [2.75, 3.05) is 39.3 Å². The molecule has 1 N–H and O–H groups in total. The zero-order chi connectivity index (χ0) is 12.8. The van der Waals surface area contributed by atoms with Crippen molar-refractivity contribution in [3.63, 3.8) is 0 Å².